The van der Waals surface area contributed by atoms with E-state index in [1.807, 2.05) is 0 Å². The molecule has 2 N–H and O–H groups in total. The lowest BCUT2D eigenvalue weighted by atomic mass is 10.2. The fourth-order valence-electron chi connectivity index (χ4n) is 3.77. The number of aromatic nitrogens is 2. The molecule has 2 aromatic rings. The van der Waals surface area contributed by atoms with Crippen molar-refractivity contribution in [1.29, 1.82) is 0 Å². The number of fused-ring (bicyclic) bond motifs is 1. The summed E-state index contributed by atoms with van der Waals surface area (Å²) in [6.07, 6.45) is 3.78. The van der Waals surface area contributed by atoms with Crippen LogP contribution in [-0.4, -0.2) is 43.2 Å². The van der Waals surface area contributed by atoms with Crippen LogP contribution < -0.4 is 15.4 Å². The van der Waals surface area contributed by atoms with Crippen LogP contribution in [0.15, 0.2) is 24.3 Å². The van der Waals surface area contributed by atoms with E-state index in [2.05, 4.69) is 15.7 Å². The summed E-state index contributed by atoms with van der Waals surface area (Å²) in [7, 11) is -1.76. The molecule has 0 atom stereocenters. The highest BCUT2D eigenvalue weighted by Gasteiger charge is 2.34. The summed E-state index contributed by atoms with van der Waals surface area (Å²) in [6, 6.07) is 6.95. The number of rotatable bonds is 4. The standard InChI is InChI=1S/C19H22N4O5S/c1-28-14-8-6-13(7-9-14)23-17(15-10-29(26,27)11-16(15)22-23)21-19(25)18(24)20-12-4-2-3-5-12/h6-9,12H,2-5,10-11H2,1H3,(H,20,24)(H,21,25). The summed E-state index contributed by atoms with van der Waals surface area (Å²) in [5.74, 6) is -1.12. The highest BCUT2D eigenvalue weighted by molar-refractivity contribution is 7.90. The first-order valence-electron chi connectivity index (χ1n) is 9.44. The number of nitrogens with zero attached hydrogens (tertiary/aromatic N) is 2. The Kier molecular flexibility index (Phi) is 5.03. The molecule has 10 heteroatoms. The van der Waals surface area contributed by atoms with Crippen molar-refractivity contribution < 1.29 is 22.7 Å². The minimum atomic E-state index is -3.32. The summed E-state index contributed by atoms with van der Waals surface area (Å²) in [5.41, 5.74) is 1.42. The minimum Gasteiger partial charge on any atom is -0.497 e. The molecule has 29 heavy (non-hydrogen) atoms. The van der Waals surface area contributed by atoms with Crippen LogP contribution in [0.2, 0.25) is 0 Å². The van der Waals surface area contributed by atoms with E-state index in [-0.39, 0.29) is 23.4 Å². The van der Waals surface area contributed by atoms with Gasteiger partial charge in [0, 0.05) is 11.6 Å². The number of amides is 2. The number of anilines is 1. The molecule has 0 saturated heterocycles. The van der Waals surface area contributed by atoms with Gasteiger partial charge < -0.3 is 15.4 Å². The van der Waals surface area contributed by atoms with Gasteiger partial charge >= 0.3 is 11.8 Å². The second-order valence-corrected chi connectivity index (χ2v) is 9.39. The van der Waals surface area contributed by atoms with Gasteiger partial charge in [0.1, 0.15) is 11.6 Å². The summed E-state index contributed by atoms with van der Waals surface area (Å²) in [4.78, 5) is 24.8. The first kappa shape index (κ1) is 19.4. The summed E-state index contributed by atoms with van der Waals surface area (Å²) in [5, 5.41) is 9.70. The largest absolute Gasteiger partial charge is 0.497 e. The second-order valence-electron chi connectivity index (χ2n) is 7.32. The third-order valence-electron chi connectivity index (χ3n) is 5.23. The maximum Gasteiger partial charge on any atom is 0.314 e. The van der Waals surface area contributed by atoms with Gasteiger partial charge in [0.05, 0.1) is 30.0 Å². The molecule has 1 aliphatic heterocycles. The Hall–Kier alpha value is -2.88. The molecular weight excluding hydrogens is 396 g/mol. The molecule has 1 fully saturated rings. The van der Waals surface area contributed by atoms with Crippen LogP contribution in [0.1, 0.15) is 36.9 Å². The van der Waals surface area contributed by atoms with Crippen LogP contribution in [0.25, 0.3) is 5.69 Å². The van der Waals surface area contributed by atoms with Crippen LogP contribution in [0.3, 0.4) is 0 Å². The monoisotopic (exact) mass is 418 g/mol. The highest BCUT2D eigenvalue weighted by Crippen LogP contribution is 2.33. The molecule has 1 aromatic heterocycles. The van der Waals surface area contributed by atoms with Gasteiger partial charge in [0.2, 0.25) is 0 Å². The second kappa shape index (κ2) is 7.51. The van der Waals surface area contributed by atoms with Crippen LogP contribution in [-0.2, 0) is 30.9 Å². The molecule has 4 rings (SSSR count). The Labute approximate surface area is 168 Å². The first-order chi connectivity index (χ1) is 13.9. The molecule has 0 unspecified atom stereocenters. The maximum atomic E-state index is 12.5. The smallest absolute Gasteiger partial charge is 0.314 e. The van der Waals surface area contributed by atoms with Gasteiger partial charge in [0.15, 0.2) is 9.84 Å². The van der Waals surface area contributed by atoms with Gasteiger partial charge in [-0.3, -0.25) is 9.59 Å². The molecule has 2 heterocycles. The zero-order valence-corrected chi connectivity index (χ0v) is 16.8. The topological polar surface area (TPSA) is 119 Å². The highest BCUT2D eigenvalue weighted by atomic mass is 32.2. The molecule has 0 spiro atoms. The van der Waals surface area contributed by atoms with E-state index in [1.165, 1.54) is 4.68 Å². The third-order valence-corrected chi connectivity index (χ3v) is 6.67. The Morgan fingerprint density at radius 1 is 1.10 bits per heavy atom. The predicted molar refractivity (Wildman–Crippen MR) is 105 cm³/mol. The number of hydrogen-bond donors (Lipinski definition) is 2. The molecule has 1 aromatic carbocycles. The molecule has 2 aliphatic rings. The lowest BCUT2D eigenvalue weighted by molar-refractivity contribution is -0.136. The minimum absolute atomic E-state index is 0.00541. The molecule has 9 nitrogen and oxygen atoms in total. The zero-order valence-electron chi connectivity index (χ0n) is 16.0. The molecule has 2 amide bonds. The number of ether oxygens (including phenoxy) is 1. The number of hydrogen-bond acceptors (Lipinski definition) is 6. The van der Waals surface area contributed by atoms with E-state index >= 15 is 0 Å². The normalized spacial score (nSPS) is 17.7. The fraction of sp³-hybridized carbons (Fsp3) is 0.421. The number of carbonyl (C=O) groups excluding carboxylic acids is 2. The lowest BCUT2D eigenvalue weighted by Gasteiger charge is -2.14. The quantitative estimate of drug-likeness (QED) is 0.723. The van der Waals surface area contributed by atoms with E-state index in [9.17, 15) is 18.0 Å². The van der Waals surface area contributed by atoms with Crippen molar-refractivity contribution in [1.82, 2.24) is 15.1 Å². The van der Waals surface area contributed by atoms with Gasteiger partial charge in [-0.05, 0) is 37.1 Å². The maximum absolute atomic E-state index is 12.5. The number of sulfone groups is 1. The Morgan fingerprint density at radius 3 is 2.45 bits per heavy atom. The average Bonchev–Trinajstić information content (AvgIpc) is 3.38. The van der Waals surface area contributed by atoms with Crippen molar-refractivity contribution in [2.45, 2.75) is 43.2 Å². The number of benzene rings is 1. The SMILES string of the molecule is COc1ccc(-n2nc3c(c2NC(=O)C(=O)NC2CCCC2)CS(=O)(=O)C3)cc1. The van der Waals surface area contributed by atoms with E-state index < -0.39 is 21.7 Å². The zero-order chi connectivity index (χ0) is 20.6. The van der Waals surface area contributed by atoms with Crippen molar-refractivity contribution in [2.24, 2.45) is 0 Å². The molecule has 0 radical (unpaired) electrons. The average molecular weight is 418 g/mol. The molecule has 0 bridgehead atoms. The van der Waals surface area contributed by atoms with Crippen molar-refractivity contribution in [3.63, 3.8) is 0 Å². The van der Waals surface area contributed by atoms with Crippen molar-refractivity contribution in [2.75, 3.05) is 12.4 Å². The summed E-state index contributed by atoms with van der Waals surface area (Å²) in [6.45, 7) is 0. The van der Waals surface area contributed by atoms with E-state index in [4.69, 9.17) is 4.74 Å². The first-order valence-corrected chi connectivity index (χ1v) is 11.3. The van der Waals surface area contributed by atoms with Crippen molar-refractivity contribution >= 4 is 27.5 Å². The number of nitrogens with one attached hydrogen (secondary N) is 2. The Bertz CT molecular complexity index is 1050. The van der Waals surface area contributed by atoms with E-state index in [0.29, 0.717) is 22.7 Å². The predicted octanol–water partition coefficient (Wildman–Crippen LogP) is 1.31. The molecule has 154 valence electrons. The van der Waals surface area contributed by atoms with Crippen LogP contribution >= 0.6 is 0 Å². The molecule has 1 aliphatic carbocycles. The summed E-state index contributed by atoms with van der Waals surface area (Å²) < 4.78 is 30.7. The van der Waals surface area contributed by atoms with Gasteiger partial charge in [-0.15, -0.1) is 0 Å². The fourth-order valence-corrected chi connectivity index (χ4v) is 5.26. The van der Waals surface area contributed by atoms with Crippen molar-refractivity contribution in [3.8, 4) is 11.4 Å². The number of methoxy groups -OCH3 is 1. The van der Waals surface area contributed by atoms with Gasteiger partial charge in [-0.1, -0.05) is 12.8 Å². The van der Waals surface area contributed by atoms with Crippen molar-refractivity contribution in [3.05, 3.63) is 35.5 Å². The van der Waals surface area contributed by atoms with E-state index in [1.54, 1.807) is 31.4 Å². The van der Waals surface area contributed by atoms with Crippen LogP contribution in [0.5, 0.6) is 5.75 Å². The van der Waals surface area contributed by atoms with Crippen LogP contribution in [0, 0.1) is 0 Å². The molecular formula is C19H22N4O5S. The van der Waals surface area contributed by atoms with Gasteiger partial charge in [-0.2, -0.15) is 5.10 Å². The van der Waals surface area contributed by atoms with Gasteiger partial charge in [-0.25, -0.2) is 13.1 Å². The van der Waals surface area contributed by atoms with Crippen LogP contribution in [0.4, 0.5) is 5.82 Å². The Morgan fingerprint density at radius 2 is 1.79 bits per heavy atom. The van der Waals surface area contributed by atoms with Gasteiger partial charge in [0.25, 0.3) is 0 Å². The summed E-state index contributed by atoms with van der Waals surface area (Å²) >= 11 is 0. The number of carbonyl (C=O) groups is 2. The third kappa shape index (κ3) is 3.98. The molecule has 1 saturated carbocycles. The Balaban J connectivity index is 1.63. The van der Waals surface area contributed by atoms with E-state index in [0.717, 1.165) is 25.7 Å². The lowest BCUT2D eigenvalue weighted by Crippen LogP contribution is -2.41.